The van der Waals surface area contributed by atoms with E-state index in [2.05, 4.69) is 0 Å². The molecule has 1 aromatic carbocycles. The van der Waals surface area contributed by atoms with Gasteiger partial charge >= 0.3 is 137 Å². The Balaban J connectivity index is 1.35. The van der Waals surface area contributed by atoms with Crippen molar-refractivity contribution in [2.24, 2.45) is 0 Å². The van der Waals surface area contributed by atoms with Crippen molar-refractivity contribution in [2.75, 3.05) is 0 Å². The van der Waals surface area contributed by atoms with Crippen LogP contribution in [0.2, 0.25) is 53.4 Å². The molecule has 4 atom stereocenters. The first-order chi connectivity index (χ1) is 11.3. The van der Waals surface area contributed by atoms with Crippen LogP contribution in [0.4, 0.5) is 0 Å². The minimum atomic E-state index is -3.31. The van der Waals surface area contributed by atoms with E-state index in [1.165, 1.54) is 33.7 Å². The first kappa shape index (κ1) is 10.0. The van der Waals surface area contributed by atoms with E-state index >= 15 is 0 Å². The summed E-state index contributed by atoms with van der Waals surface area (Å²) in [6.07, 6.45) is 0. The zero-order chi connectivity index (χ0) is 15.3. The van der Waals surface area contributed by atoms with Crippen LogP contribution in [-0.2, 0) is 10.8 Å². The minimum absolute atomic E-state index is 0.0617. The third kappa shape index (κ3) is 0.149. The van der Waals surface area contributed by atoms with Gasteiger partial charge in [-0.15, -0.1) is 0 Å². The van der Waals surface area contributed by atoms with Gasteiger partial charge in [0.05, 0.1) is 0 Å². The normalized spacial score (nSPS) is 88.0. The number of halogens is 2. The second-order valence-electron chi connectivity index (χ2n) is 12.4. The van der Waals surface area contributed by atoms with Gasteiger partial charge in [0.2, 0.25) is 0 Å². The van der Waals surface area contributed by atoms with Crippen LogP contribution in [0.5, 0.6) is 0 Å². The second-order valence-corrected chi connectivity index (χ2v) is 36.8. The van der Waals surface area contributed by atoms with Gasteiger partial charge in [0, 0.05) is 0 Å². The predicted octanol–water partition coefficient (Wildman–Crippen LogP) is 5.90. The van der Waals surface area contributed by atoms with Crippen LogP contribution in [-0.4, -0.2) is 0 Å². The molecule has 1 aromatic heterocycles. The quantitative estimate of drug-likeness (QED) is 0.560. The molecule has 1 spiro atoms. The molecule has 0 amide bonds. The average Bonchev–Trinajstić information content (AvgIpc) is 3.48. The van der Waals surface area contributed by atoms with Crippen molar-refractivity contribution >= 4 is 34.2 Å². The summed E-state index contributed by atoms with van der Waals surface area (Å²) in [5, 5.41) is 1.54. The topological polar surface area (TPSA) is 30.2 Å². The Bertz CT molecular complexity index is 1560. The molecular weight excluding hydrogens is 387 g/mol. The molecule has 10 fully saturated rings. The summed E-state index contributed by atoms with van der Waals surface area (Å²) in [7, 11) is 0. The van der Waals surface area contributed by atoms with Gasteiger partial charge in [0.1, 0.15) is 0 Å². The van der Waals surface area contributed by atoms with Gasteiger partial charge in [0.15, 0.2) is 0 Å². The van der Waals surface area contributed by atoms with Crippen LogP contribution in [0.15, 0.2) is 27.4 Å². The molecule has 10 saturated heterocycles. The molecule has 2 nitrogen and oxygen atoms in total. The van der Waals surface area contributed by atoms with Crippen molar-refractivity contribution in [1.82, 2.24) is 0 Å². The molecule has 24 heavy (non-hydrogen) atoms. The van der Waals surface area contributed by atoms with Gasteiger partial charge in [0.25, 0.3) is 0 Å². The van der Waals surface area contributed by atoms with Crippen molar-refractivity contribution in [3.05, 3.63) is 44.2 Å². The number of fused-ring (bicyclic) bond motifs is 11. The standard InChI is InChI=1S/C14H7Cl2O2.C5H5.Fe/c15-9-5-10-12(17)7-13(8-3-1-2-4-8)18-14(10)11(16)6-9;1-2-4-5-3-1;/h1-7H;1-5H;. The monoisotopic (exact) mass is 398 g/mol. The molecule has 0 aliphatic carbocycles. The molecule has 11 heterocycles. The molecule has 0 bridgehead atoms. The molecule has 122 valence electrons. The Morgan fingerprint density at radius 3 is 2.04 bits per heavy atom. The van der Waals surface area contributed by atoms with E-state index in [4.69, 9.17) is 27.6 Å². The Labute approximate surface area is 136 Å². The van der Waals surface area contributed by atoms with E-state index in [-0.39, 0.29) is 5.43 Å². The molecule has 0 saturated carbocycles. The summed E-state index contributed by atoms with van der Waals surface area (Å²) >= 11 is 12.5. The van der Waals surface area contributed by atoms with E-state index in [9.17, 15) is 4.79 Å². The fourth-order valence-corrected chi connectivity index (χ4v) is 92.7. The van der Waals surface area contributed by atoms with Gasteiger partial charge in [-0.25, -0.2) is 0 Å². The van der Waals surface area contributed by atoms with E-state index in [0.717, 1.165) is 15.4 Å². The zero-order valence-electron chi connectivity index (χ0n) is 12.4. The Hall–Kier alpha value is -0.471. The van der Waals surface area contributed by atoms with E-state index in [1.807, 2.05) is 6.07 Å². The molecule has 5 heteroatoms. The summed E-state index contributed by atoms with van der Waals surface area (Å²) < 4.78 is 6.95. The van der Waals surface area contributed by atoms with Gasteiger partial charge < -0.3 is 0 Å². The summed E-state index contributed by atoms with van der Waals surface area (Å²) in [6.45, 7) is -3.31. The molecule has 10 aliphatic heterocycles. The van der Waals surface area contributed by atoms with Gasteiger partial charge in [-0.1, -0.05) is 0 Å². The Morgan fingerprint density at radius 1 is 0.917 bits per heavy atom. The Kier molecular flexibility index (Phi) is 0.440. The van der Waals surface area contributed by atoms with Gasteiger partial charge in [-0.05, 0) is 0 Å². The number of hydrogen-bond donors (Lipinski definition) is 0. The summed E-state index contributed by atoms with van der Waals surface area (Å²) in [5.41, 5.74) is 0.645. The molecular formula is C19H12Cl2FeO2. The van der Waals surface area contributed by atoms with Crippen molar-refractivity contribution in [3.8, 4) is 0 Å². The fourth-order valence-electron chi connectivity index (χ4n) is 18.2. The van der Waals surface area contributed by atoms with Crippen LogP contribution in [0.1, 0.15) is 5.76 Å². The third-order valence-electron chi connectivity index (χ3n) is 16.8. The maximum absolute atomic E-state index is 12.9. The third-order valence-corrected chi connectivity index (χ3v) is 59.6. The number of benzene rings is 1. The SMILES string of the molecule is O=c1cc([C]23[CH]4[CH]5[CH]6[CH]2[Fe]56432789[CH]3[CH]2[CH]7[CH]8[CH]39)oc2c(Cl)cc(Cl)cc12. The molecule has 0 N–H and O–H groups in total. The number of rotatable bonds is 1. The van der Waals surface area contributed by atoms with Crippen LogP contribution >= 0.6 is 23.2 Å². The van der Waals surface area contributed by atoms with E-state index < -0.39 is 6.51 Å². The summed E-state index contributed by atoms with van der Waals surface area (Å²) in [5.74, 6) is 1.09. The molecule has 10 aliphatic rings. The van der Waals surface area contributed by atoms with Gasteiger partial charge in [-0.3, -0.25) is 0 Å². The second kappa shape index (κ2) is 1.05. The maximum atomic E-state index is 12.9. The molecule has 2 aromatic rings. The first-order valence-corrected chi connectivity index (χ1v) is 16.0. The van der Waals surface area contributed by atoms with E-state index in [0.29, 0.717) is 25.3 Å². The van der Waals surface area contributed by atoms with Crippen LogP contribution < -0.4 is 5.43 Å². The van der Waals surface area contributed by atoms with Crippen LogP contribution in [0, 0.1) is 0 Å². The van der Waals surface area contributed by atoms with Crippen molar-refractivity contribution in [1.29, 1.82) is 0 Å². The summed E-state index contributed by atoms with van der Waals surface area (Å²) in [4.78, 5) is 23.6. The molecule has 0 radical (unpaired) electrons. The summed E-state index contributed by atoms with van der Waals surface area (Å²) in [6, 6.07) is 5.28. The van der Waals surface area contributed by atoms with Crippen molar-refractivity contribution in [2.45, 2.75) is 47.7 Å². The van der Waals surface area contributed by atoms with Crippen molar-refractivity contribution < 1.29 is 10.9 Å². The predicted molar refractivity (Wildman–Crippen MR) is 87.9 cm³/mol. The average molecular weight is 399 g/mol. The van der Waals surface area contributed by atoms with Gasteiger partial charge in [-0.2, -0.15) is 0 Å². The fraction of sp³-hybridized carbons (Fsp3) is 0.526. The zero-order valence-corrected chi connectivity index (χ0v) is 15.0. The number of hydrogen-bond acceptors (Lipinski definition) is 2. The van der Waals surface area contributed by atoms with E-state index in [1.54, 1.807) is 12.1 Å². The molecule has 12 rings (SSSR count). The molecule has 4 unspecified atom stereocenters. The first-order valence-electron chi connectivity index (χ1n) is 8.98. The Morgan fingerprint density at radius 2 is 1.54 bits per heavy atom. The van der Waals surface area contributed by atoms with Crippen LogP contribution in [0.3, 0.4) is 0 Å². The van der Waals surface area contributed by atoms with Crippen LogP contribution in [0.25, 0.3) is 11.0 Å². The van der Waals surface area contributed by atoms with Crippen molar-refractivity contribution in [3.63, 3.8) is 0 Å².